The molecule has 1 fully saturated rings. The highest BCUT2D eigenvalue weighted by atomic mass is 35.5. The van der Waals surface area contributed by atoms with Gasteiger partial charge in [0.15, 0.2) is 0 Å². The van der Waals surface area contributed by atoms with Crippen molar-refractivity contribution >= 4 is 57.9 Å². The fourth-order valence-corrected chi connectivity index (χ4v) is 4.69. The van der Waals surface area contributed by atoms with Gasteiger partial charge in [0.2, 0.25) is 0 Å². The van der Waals surface area contributed by atoms with Crippen LogP contribution >= 0.6 is 35.6 Å². The van der Waals surface area contributed by atoms with Crippen molar-refractivity contribution in [2.24, 2.45) is 5.92 Å². The SMILES string of the molecule is CC(C)CC(C(=O)O)N1C(=O)/C(=C/c2ccccc2OCc2ccccc2Cl)SC1=S. The Morgan fingerprint density at radius 2 is 1.90 bits per heavy atom. The van der Waals surface area contributed by atoms with Crippen LogP contribution in [0.3, 0.4) is 0 Å². The number of halogens is 1. The quantitative estimate of drug-likeness (QED) is 0.395. The lowest BCUT2D eigenvalue weighted by atomic mass is 10.0. The van der Waals surface area contributed by atoms with Gasteiger partial charge in [0.1, 0.15) is 22.7 Å². The second-order valence-electron chi connectivity index (χ2n) is 7.45. The van der Waals surface area contributed by atoms with Crippen molar-refractivity contribution in [2.45, 2.75) is 32.9 Å². The van der Waals surface area contributed by atoms with E-state index in [4.69, 9.17) is 28.6 Å². The lowest BCUT2D eigenvalue weighted by molar-refractivity contribution is -0.145. The molecule has 0 aromatic heterocycles. The van der Waals surface area contributed by atoms with Crippen molar-refractivity contribution in [3.05, 3.63) is 69.6 Å². The first kappa shape index (κ1) is 23.3. The Balaban J connectivity index is 1.84. The van der Waals surface area contributed by atoms with Gasteiger partial charge in [-0.05, 0) is 30.5 Å². The minimum atomic E-state index is -1.06. The summed E-state index contributed by atoms with van der Waals surface area (Å²) in [6.45, 7) is 4.10. The summed E-state index contributed by atoms with van der Waals surface area (Å²) in [5.74, 6) is -0.767. The lowest BCUT2D eigenvalue weighted by Gasteiger charge is -2.24. The van der Waals surface area contributed by atoms with Gasteiger partial charge in [0.25, 0.3) is 5.91 Å². The van der Waals surface area contributed by atoms with Crippen molar-refractivity contribution in [3.63, 3.8) is 0 Å². The van der Waals surface area contributed by atoms with Crippen molar-refractivity contribution in [3.8, 4) is 5.75 Å². The molecule has 0 aliphatic carbocycles. The van der Waals surface area contributed by atoms with Gasteiger partial charge < -0.3 is 9.84 Å². The highest BCUT2D eigenvalue weighted by Crippen LogP contribution is 2.36. The number of thioether (sulfide) groups is 1. The van der Waals surface area contributed by atoms with Crippen LogP contribution in [0.5, 0.6) is 5.75 Å². The van der Waals surface area contributed by atoms with Crippen LogP contribution in [0.25, 0.3) is 6.08 Å². The van der Waals surface area contributed by atoms with Crippen LogP contribution in [0.2, 0.25) is 5.02 Å². The third-order valence-corrected chi connectivity index (χ3v) is 6.36. The zero-order valence-corrected chi connectivity index (χ0v) is 19.5. The third kappa shape index (κ3) is 5.67. The smallest absolute Gasteiger partial charge is 0.326 e. The molecule has 1 unspecified atom stereocenters. The molecule has 31 heavy (non-hydrogen) atoms. The number of nitrogens with zero attached hydrogens (tertiary/aromatic N) is 1. The van der Waals surface area contributed by atoms with E-state index in [1.807, 2.05) is 56.3 Å². The Hall–Kier alpha value is -2.35. The number of carbonyl (C=O) groups excluding carboxylic acids is 1. The number of carboxylic acids is 1. The summed E-state index contributed by atoms with van der Waals surface area (Å²) in [4.78, 5) is 26.4. The summed E-state index contributed by atoms with van der Waals surface area (Å²) in [7, 11) is 0. The molecule has 8 heteroatoms. The Morgan fingerprint density at radius 1 is 1.23 bits per heavy atom. The van der Waals surface area contributed by atoms with Crippen LogP contribution < -0.4 is 4.74 Å². The number of carboxylic acid groups (broad SMARTS) is 1. The maximum absolute atomic E-state index is 13.0. The molecule has 3 rings (SSSR count). The number of carbonyl (C=O) groups is 2. The van der Waals surface area contributed by atoms with E-state index in [2.05, 4.69) is 0 Å². The molecule has 1 amide bonds. The predicted octanol–water partition coefficient (Wildman–Crippen LogP) is 5.62. The van der Waals surface area contributed by atoms with Crippen LogP contribution in [0.15, 0.2) is 53.4 Å². The summed E-state index contributed by atoms with van der Waals surface area (Å²) >= 11 is 12.6. The predicted molar refractivity (Wildman–Crippen MR) is 128 cm³/mol. The van der Waals surface area contributed by atoms with Crippen LogP contribution in [-0.4, -0.2) is 32.2 Å². The molecule has 1 aliphatic heterocycles. The first-order chi connectivity index (χ1) is 14.8. The van der Waals surface area contributed by atoms with Gasteiger partial charge in [-0.1, -0.05) is 85.8 Å². The minimum Gasteiger partial charge on any atom is -0.488 e. The van der Waals surface area contributed by atoms with E-state index in [1.54, 1.807) is 12.1 Å². The Morgan fingerprint density at radius 3 is 2.58 bits per heavy atom. The van der Waals surface area contributed by atoms with Gasteiger partial charge in [-0.3, -0.25) is 9.69 Å². The zero-order chi connectivity index (χ0) is 22.5. The molecule has 0 radical (unpaired) electrons. The van der Waals surface area contributed by atoms with E-state index >= 15 is 0 Å². The van der Waals surface area contributed by atoms with Gasteiger partial charge in [0, 0.05) is 16.1 Å². The summed E-state index contributed by atoms with van der Waals surface area (Å²) in [5, 5.41) is 10.2. The number of aliphatic carboxylic acids is 1. The second kappa shape index (κ2) is 10.3. The molecule has 1 N–H and O–H groups in total. The molecule has 162 valence electrons. The zero-order valence-electron chi connectivity index (χ0n) is 17.1. The Bertz CT molecular complexity index is 1040. The van der Waals surface area contributed by atoms with Gasteiger partial charge >= 0.3 is 5.97 Å². The van der Waals surface area contributed by atoms with Crippen molar-refractivity contribution in [1.82, 2.24) is 4.90 Å². The van der Waals surface area contributed by atoms with E-state index in [9.17, 15) is 14.7 Å². The molecule has 1 aliphatic rings. The monoisotopic (exact) mass is 475 g/mol. The number of ether oxygens (including phenoxy) is 1. The molecule has 5 nitrogen and oxygen atoms in total. The Labute approximate surface area is 196 Å². The fraction of sp³-hybridized carbons (Fsp3) is 0.261. The normalized spacial score (nSPS) is 16.3. The number of para-hydroxylation sites is 1. The highest BCUT2D eigenvalue weighted by molar-refractivity contribution is 8.26. The number of thiocarbonyl (C=S) groups is 1. The van der Waals surface area contributed by atoms with Gasteiger partial charge in [-0.25, -0.2) is 4.79 Å². The minimum absolute atomic E-state index is 0.105. The number of hydrogen-bond donors (Lipinski definition) is 1. The molecule has 2 aromatic rings. The number of amides is 1. The standard InChI is InChI=1S/C23H22ClNO4S2/c1-14(2)11-18(22(27)28)25-21(26)20(31-23(25)30)12-15-7-4-6-10-19(15)29-13-16-8-3-5-9-17(16)24/h3-10,12,14,18H,11,13H2,1-2H3,(H,27,28)/b20-12-. The second-order valence-corrected chi connectivity index (χ2v) is 9.54. The summed E-state index contributed by atoms with van der Waals surface area (Å²) < 4.78 is 6.20. The van der Waals surface area contributed by atoms with E-state index in [-0.39, 0.29) is 16.8 Å². The number of rotatable bonds is 8. The molecule has 0 bridgehead atoms. The van der Waals surface area contributed by atoms with Crippen molar-refractivity contribution < 1.29 is 19.4 Å². The van der Waals surface area contributed by atoms with E-state index in [1.165, 1.54) is 4.90 Å². The molecular weight excluding hydrogens is 454 g/mol. The Kier molecular flexibility index (Phi) is 7.75. The molecule has 1 saturated heterocycles. The first-order valence-electron chi connectivity index (χ1n) is 9.73. The lowest BCUT2D eigenvalue weighted by Crippen LogP contribution is -2.44. The van der Waals surface area contributed by atoms with Crippen molar-refractivity contribution in [1.29, 1.82) is 0 Å². The summed E-state index contributed by atoms with van der Waals surface area (Å²) in [5.41, 5.74) is 1.55. The topological polar surface area (TPSA) is 66.8 Å². The maximum Gasteiger partial charge on any atom is 0.326 e. The summed E-state index contributed by atoms with van der Waals surface area (Å²) in [6, 6.07) is 13.8. The molecule has 0 spiro atoms. The molecule has 1 atom stereocenters. The van der Waals surface area contributed by atoms with Crippen molar-refractivity contribution in [2.75, 3.05) is 0 Å². The highest BCUT2D eigenvalue weighted by Gasteiger charge is 2.40. The van der Waals surface area contributed by atoms with E-state index in [0.717, 1.165) is 17.3 Å². The van der Waals surface area contributed by atoms with Crippen LogP contribution in [-0.2, 0) is 16.2 Å². The average molecular weight is 476 g/mol. The van der Waals surface area contributed by atoms with E-state index in [0.29, 0.717) is 27.7 Å². The maximum atomic E-state index is 13.0. The van der Waals surface area contributed by atoms with Crippen LogP contribution in [0.4, 0.5) is 0 Å². The number of benzene rings is 2. The first-order valence-corrected chi connectivity index (χ1v) is 11.3. The molecule has 1 heterocycles. The van der Waals surface area contributed by atoms with Gasteiger partial charge in [0.05, 0.1) is 4.91 Å². The van der Waals surface area contributed by atoms with Crippen LogP contribution in [0.1, 0.15) is 31.4 Å². The van der Waals surface area contributed by atoms with E-state index < -0.39 is 17.9 Å². The van der Waals surface area contributed by atoms with Gasteiger partial charge in [-0.15, -0.1) is 0 Å². The third-order valence-electron chi connectivity index (χ3n) is 4.66. The van der Waals surface area contributed by atoms with Crippen LogP contribution in [0, 0.1) is 5.92 Å². The molecule has 2 aromatic carbocycles. The fourth-order valence-electron chi connectivity index (χ4n) is 3.16. The average Bonchev–Trinajstić information content (AvgIpc) is 2.99. The molecular formula is C23H22ClNO4S2. The van der Waals surface area contributed by atoms with Gasteiger partial charge in [-0.2, -0.15) is 0 Å². The number of hydrogen-bond acceptors (Lipinski definition) is 5. The summed E-state index contributed by atoms with van der Waals surface area (Å²) in [6.07, 6.45) is 2.02. The molecule has 0 saturated carbocycles. The largest absolute Gasteiger partial charge is 0.488 e.